The second kappa shape index (κ2) is 6.67. The lowest BCUT2D eigenvalue weighted by molar-refractivity contribution is -0.343. The molecule has 1 aromatic rings. The largest absolute Gasteiger partial charge is 0.503 e. The summed E-state index contributed by atoms with van der Waals surface area (Å²) in [5, 5.41) is 9.07. The molecule has 0 aliphatic rings. The van der Waals surface area contributed by atoms with Gasteiger partial charge in [-0.25, -0.2) is 4.39 Å². The van der Waals surface area contributed by atoms with Crippen molar-refractivity contribution in [3.63, 3.8) is 0 Å². The normalized spacial score (nSPS) is 13.2. The maximum absolute atomic E-state index is 13.3. The first-order chi connectivity index (χ1) is 10.4. The molecule has 132 valence electrons. The molecule has 0 fully saturated rings. The molecule has 2 N–H and O–H groups in total. The van der Waals surface area contributed by atoms with E-state index in [0.29, 0.717) is 0 Å². The number of H-pyrrole nitrogens is 1. The van der Waals surface area contributed by atoms with E-state index in [2.05, 4.69) is 4.98 Å². The number of unbranched alkanes of at least 4 members (excludes halogenated alkanes) is 1. The Morgan fingerprint density at radius 3 is 2.09 bits per heavy atom. The van der Waals surface area contributed by atoms with Gasteiger partial charge in [0.1, 0.15) is 0 Å². The van der Waals surface area contributed by atoms with Crippen LogP contribution in [0.25, 0.3) is 0 Å². The van der Waals surface area contributed by atoms with Crippen LogP contribution in [0.5, 0.6) is 11.5 Å². The molecule has 1 aromatic heterocycles. The molecule has 0 aliphatic heterocycles. The molecule has 0 bridgehead atoms. The van der Waals surface area contributed by atoms with Crippen LogP contribution in [0.1, 0.15) is 19.3 Å². The molecule has 0 saturated carbocycles. The lowest BCUT2D eigenvalue weighted by Gasteiger charge is -2.29. The van der Waals surface area contributed by atoms with Crippen LogP contribution in [0.15, 0.2) is 17.2 Å². The van der Waals surface area contributed by atoms with E-state index in [4.69, 9.17) is 9.84 Å². The summed E-state index contributed by atoms with van der Waals surface area (Å²) in [7, 11) is 0. The molecule has 1 heterocycles. The van der Waals surface area contributed by atoms with E-state index in [1.165, 1.54) is 0 Å². The summed E-state index contributed by atoms with van der Waals surface area (Å²) in [6.45, 7) is -0.418. The van der Waals surface area contributed by atoms with Gasteiger partial charge in [-0.1, -0.05) is 0 Å². The van der Waals surface area contributed by atoms with Crippen LogP contribution >= 0.6 is 0 Å². The summed E-state index contributed by atoms with van der Waals surface area (Å²) in [6, 6.07) is 0. The van der Waals surface area contributed by atoms with Crippen LogP contribution in [-0.2, 0) is 0 Å². The predicted molar refractivity (Wildman–Crippen MR) is 64.0 cm³/mol. The number of hydrogen-bond acceptors (Lipinski definition) is 3. The van der Waals surface area contributed by atoms with E-state index < -0.39 is 48.6 Å². The van der Waals surface area contributed by atoms with Gasteiger partial charge >= 0.3 is 12.4 Å². The van der Waals surface area contributed by atoms with Gasteiger partial charge in [0.15, 0.2) is 11.5 Å². The first kappa shape index (κ1) is 19.1. The fourth-order valence-corrected chi connectivity index (χ4v) is 1.66. The number of hydrogen-bond donors (Lipinski definition) is 2. The summed E-state index contributed by atoms with van der Waals surface area (Å²) >= 11 is 0. The van der Waals surface area contributed by atoms with Crippen molar-refractivity contribution in [1.82, 2.24) is 4.98 Å². The number of halogens is 7. The Balaban J connectivity index is 2.56. The molecule has 1 rings (SSSR count). The first-order valence-electron chi connectivity index (χ1n) is 6.25. The van der Waals surface area contributed by atoms with Gasteiger partial charge in [-0.3, -0.25) is 4.79 Å². The topological polar surface area (TPSA) is 62.3 Å². The van der Waals surface area contributed by atoms with Gasteiger partial charge < -0.3 is 14.8 Å². The SMILES string of the molecule is O=c1c(O)c[nH]cc1OCCCCC(F)(C(F)(F)F)C(F)(F)F. The summed E-state index contributed by atoms with van der Waals surface area (Å²) in [5.74, 6) is -1.03. The van der Waals surface area contributed by atoms with Gasteiger partial charge in [0, 0.05) is 12.4 Å². The maximum atomic E-state index is 13.3. The lowest BCUT2D eigenvalue weighted by Crippen LogP contribution is -2.53. The van der Waals surface area contributed by atoms with Crippen LogP contribution in [0, 0.1) is 0 Å². The van der Waals surface area contributed by atoms with Crippen LogP contribution in [0.4, 0.5) is 30.7 Å². The number of pyridine rings is 1. The number of ether oxygens (including phenoxy) is 1. The zero-order valence-corrected chi connectivity index (χ0v) is 11.4. The fourth-order valence-electron chi connectivity index (χ4n) is 1.66. The molecule has 0 atom stereocenters. The van der Waals surface area contributed by atoms with Crippen molar-refractivity contribution < 1.29 is 40.6 Å². The molecule has 0 spiro atoms. The van der Waals surface area contributed by atoms with Crippen molar-refractivity contribution in [1.29, 1.82) is 0 Å². The highest BCUT2D eigenvalue weighted by atomic mass is 19.4. The Kier molecular flexibility index (Phi) is 5.54. The number of rotatable bonds is 6. The van der Waals surface area contributed by atoms with Gasteiger partial charge in [0.05, 0.1) is 6.61 Å². The maximum Gasteiger partial charge on any atom is 0.431 e. The standard InChI is InChI=1S/C12H12F7NO3/c13-10(11(14,15)16,12(17,18)19)3-1-2-4-23-8-6-20-5-7(21)9(8)22/h5-6,21H,1-4H2,(H,20,22). The number of aromatic amines is 1. The Labute approximate surface area is 124 Å². The third kappa shape index (κ3) is 4.29. The van der Waals surface area contributed by atoms with Crippen LogP contribution in [0.2, 0.25) is 0 Å². The predicted octanol–water partition coefficient (Wildman–Crippen LogP) is 3.46. The quantitative estimate of drug-likeness (QED) is 0.609. The van der Waals surface area contributed by atoms with E-state index in [9.17, 15) is 35.5 Å². The molecule has 0 aliphatic carbocycles. The van der Waals surface area contributed by atoms with Crippen LogP contribution in [-0.4, -0.2) is 34.7 Å². The van der Waals surface area contributed by atoms with Gasteiger partial charge in [0.2, 0.25) is 0 Å². The summed E-state index contributed by atoms with van der Waals surface area (Å²) < 4.78 is 91.7. The highest BCUT2D eigenvalue weighted by Gasteiger charge is 2.71. The first-order valence-corrected chi connectivity index (χ1v) is 6.25. The third-order valence-corrected chi connectivity index (χ3v) is 2.96. The molecule has 0 radical (unpaired) electrons. The van der Waals surface area contributed by atoms with Gasteiger partial charge in [-0.15, -0.1) is 0 Å². The monoisotopic (exact) mass is 351 g/mol. The minimum absolute atomic E-state index is 0.354. The Hall–Kier alpha value is -1.94. The smallest absolute Gasteiger partial charge is 0.431 e. The van der Waals surface area contributed by atoms with Crippen molar-refractivity contribution in [2.75, 3.05) is 6.61 Å². The van der Waals surface area contributed by atoms with Crippen molar-refractivity contribution in [3.8, 4) is 11.5 Å². The molecule has 11 heteroatoms. The number of alkyl halides is 7. The number of aromatic nitrogens is 1. The van der Waals surface area contributed by atoms with Crippen LogP contribution < -0.4 is 10.2 Å². The number of nitrogens with one attached hydrogen (secondary N) is 1. The van der Waals surface area contributed by atoms with Crippen LogP contribution in [0.3, 0.4) is 0 Å². The average Bonchev–Trinajstić information content (AvgIpc) is 2.40. The molecule has 23 heavy (non-hydrogen) atoms. The zero-order chi connectivity index (χ0) is 17.9. The molecule has 0 unspecified atom stereocenters. The molecule has 0 amide bonds. The van der Waals surface area contributed by atoms with Crippen molar-refractivity contribution >= 4 is 0 Å². The van der Waals surface area contributed by atoms with E-state index >= 15 is 0 Å². The summed E-state index contributed by atoms with van der Waals surface area (Å²) in [5.41, 5.74) is -6.18. The third-order valence-electron chi connectivity index (χ3n) is 2.96. The minimum atomic E-state index is -6.07. The van der Waals surface area contributed by atoms with Crippen molar-refractivity contribution in [2.24, 2.45) is 0 Å². The van der Waals surface area contributed by atoms with E-state index in [1.807, 2.05) is 0 Å². The van der Waals surface area contributed by atoms with E-state index in [-0.39, 0.29) is 12.2 Å². The van der Waals surface area contributed by atoms with Crippen molar-refractivity contribution in [3.05, 3.63) is 22.6 Å². The van der Waals surface area contributed by atoms with E-state index in [1.54, 1.807) is 0 Å². The second-order valence-electron chi connectivity index (χ2n) is 4.64. The fraction of sp³-hybridized carbons (Fsp3) is 0.583. The van der Waals surface area contributed by atoms with Gasteiger partial charge in [-0.2, -0.15) is 26.3 Å². The van der Waals surface area contributed by atoms with Gasteiger partial charge in [0.25, 0.3) is 11.1 Å². The highest BCUT2D eigenvalue weighted by molar-refractivity contribution is 5.27. The summed E-state index contributed by atoms with van der Waals surface area (Å²) in [6.07, 6.45) is -13.1. The molecule has 0 aromatic carbocycles. The van der Waals surface area contributed by atoms with Gasteiger partial charge in [-0.05, 0) is 19.3 Å². The Bertz CT molecular complexity index is 565. The van der Waals surface area contributed by atoms with E-state index in [0.717, 1.165) is 12.4 Å². The average molecular weight is 351 g/mol. The molecule has 4 nitrogen and oxygen atoms in total. The molecule has 0 saturated heterocycles. The lowest BCUT2D eigenvalue weighted by atomic mass is 9.97. The molecular weight excluding hydrogens is 339 g/mol. The number of aromatic hydroxyl groups is 1. The summed E-state index contributed by atoms with van der Waals surface area (Å²) in [4.78, 5) is 13.6. The Morgan fingerprint density at radius 2 is 1.57 bits per heavy atom. The highest BCUT2D eigenvalue weighted by Crippen LogP contribution is 2.49. The Morgan fingerprint density at radius 1 is 1.00 bits per heavy atom. The van der Waals surface area contributed by atoms with Crippen molar-refractivity contribution in [2.45, 2.75) is 37.3 Å². The zero-order valence-electron chi connectivity index (χ0n) is 11.4. The second-order valence-corrected chi connectivity index (χ2v) is 4.64. The minimum Gasteiger partial charge on any atom is -0.503 e. The molecular formula is C12H12F7NO3.